The van der Waals surface area contributed by atoms with E-state index in [0.717, 1.165) is 37.2 Å². The van der Waals surface area contributed by atoms with Crippen molar-refractivity contribution in [3.63, 3.8) is 0 Å². The van der Waals surface area contributed by atoms with Crippen LogP contribution in [0.4, 0.5) is 0 Å². The van der Waals surface area contributed by atoms with Crippen molar-refractivity contribution in [1.82, 2.24) is 15.5 Å². The molecule has 0 unspecified atom stereocenters. The zero-order valence-corrected chi connectivity index (χ0v) is 16.7. The Kier molecular flexibility index (Phi) is 5.85. The van der Waals surface area contributed by atoms with Crippen LogP contribution in [0.1, 0.15) is 37.7 Å². The average molecular weight is 386 g/mol. The van der Waals surface area contributed by atoms with E-state index in [-0.39, 0.29) is 17.9 Å². The topological polar surface area (TPSA) is 70.7 Å². The van der Waals surface area contributed by atoms with Crippen LogP contribution in [-0.2, 0) is 16.0 Å². The Morgan fingerprint density at radius 3 is 2.96 bits per heavy atom. The highest BCUT2D eigenvalue weighted by atomic mass is 16.5. The Hall–Kier alpha value is -2.08. The van der Waals surface area contributed by atoms with E-state index < -0.39 is 0 Å². The van der Waals surface area contributed by atoms with Gasteiger partial charge in [-0.05, 0) is 55.7 Å². The average Bonchev–Trinajstić information content (AvgIpc) is 2.73. The number of benzene rings is 1. The summed E-state index contributed by atoms with van der Waals surface area (Å²) in [6.07, 6.45) is 5.00. The zero-order chi connectivity index (χ0) is 19.5. The number of rotatable bonds is 6. The van der Waals surface area contributed by atoms with Crippen LogP contribution in [0.3, 0.4) is 0 Å². The van der Waals surface area contributed by atoms with E-state index in [0.29, 0.717) is 43.7 Å². The van der Waals surface area contributed by atoms with Gasteiger partial charge in [0.1, 0.15) is 5.75 Å². The Morgan fingerprint density at radius 2 is 2.11 bits per heavy atom. The number of aryl methyl sites for hydroxylation is 1. The maximum Gasteiger partial charge on any atom is 0.223 e. The third-order valence-corrected chi connectivity index (χ3v) is 6.72. The van der Waals surface area contributed by atoms with E-state index in [4.69, 9.17) is 4.74 Å². The number of fused-ring (bicyclic) bond motifs is 4. The Bertz CT molecular complexity index is 723. The molecule has 2 N–H and O–H groups in total. The lowest BCUT2D eigenvalue weighted by atomic mass is 9.72. The van der Waals surface area contributed by atoms with Gasteiger partial charge in [0.25, 0.3) is 0 Å². The van der Waals surface area contributed by atoms with E-state index in [1.807, 2.05) is 24.3 Å². The highest BCUT2D eigenvalue weighted by Gasteiger charge is 2.47. The molecule has 2 bridgehead atoms. The number of hydrogen-bond donors (Lipinski definition) is 2. The molecule has 0 aromatic heterocycles. The summed E-state index contributed by atoms with van der Waals surface area (Å²) in [7, 11) is 1.65. The first-order valence-corrected chi connectivity index (χ1v) is 10.6. The van der Waals surface area contributed by atoms with Crippen LogP contribution >= 0.6 is 0 Å². The molecule has 6 nitrogen and oxygen atoms in total. The van der Waals surface area contributed by atoms with E-state index in [1.54, 1.807) is 7.11 Å². The minimum atomic E-state index is 0.0396. The summed E-state index contributed by atoms with van der Waals surface area (Å²) in [4.78, 5) is 27.3. The van der Waals surface area contributed by atoms with E-state index in [1.165, 1.54) is 6.42 Å². The molecule has 3 aliphatic rings. The van der Waals surface area contributed by atoms with Crippen molar-refractivity contribution in [2.75, 3.05) is 26.7 Å². The van der Waals surface area contributed by atoms with Crippen molar-refractivity contribution in [2.45, 2.75) is 50.6 Å². The highest BCUT2D eigenvalue weighted by Crippen LogP contribution is 2.39. The normalized spacial score (nSPS) is 29.2. The Labute approximate surface area is 167 Å². The molecule has 1 aromatic carbocycles. The molecule has 1 aromatic rings. The SMILES string of the molecule is COc1ccccc1CCC(=O)NC[C@H]1[C@@H]2CNC[C@@H](C2)[C@@H]2CCCC(=O)N21. The summed E-state index contributed by atoms with van der Waals surface area (Å²) >= 11 is 0. The molecule has 152 valence electrons. The molecule has 2 amide bonds. The van der Waals surface area contributed by atoms with Crippen LogP contribution in [0.15, 0.2) is 24.3 Å². The second-order valence-corrected chi connectivity index (χ2v) is 8.36. The molecule has 0 saturated carbocycles. The lowest BCUT2D eigenvalue weighted by Gasteiger charge is -2.54. The van der Waals surface area contributed by atoms with Gasteiger partial charge in [-0.15, -0.1) is 0 Å². The van der Waals surface area contributed by atoms with Crippen molar-refractivity contribution in [1.29, 1.82) is 0 Å². The van der Waals surface area contributed by atoms with Gasteiger partial charge in [-0.1, -0.05) is 18.2 Å². The number of para-hydroxylation sites is 1. The lowest BCUT2D eigenvalue weighted by Crippen LogP contribution is -2.66. The smallest absolute Gasteiger partial charge is 0.223 e. The molecule has 0 spiro atoms. The number of methoxy groups -OCH3 is 1. The van der Waals surface area contributed by atoms with Gasteiger partial charge in [0.15, 0.2) is 0 Å². The highest BCUT2D eigenvalue weighted by molar-refractivity contribution is 5.79. The molecule has 28 heavy (non-hydrogen) atoms. The van der Waals surface area contributed by atoms with Crippen molar-refractivity contribution in [2.24, 2.45) is 11.8 Å². The summed E-state index contributed by atoms with van der Waals surface area (Å²) in [5.41, 5.74) is 1.04. The molecular weight excluding hydrogens is 354 g/mol. The molecular formula is C22H31N3O3. The van der Waals surface area contributed by atoms with Crippen LogP contribution in [0, 0.1) is 11.8 Å². The maximum atomic E-state index is 12.7. The number of piperidine rings is 3. The Morgan fingerprint density at radius 1 is 1.29 bits per heavy atom. The first-order chi connectivity index (χ1) is 13.7. The van der Waals surface area contributed by atoms with Crippen molar-refractivity contribution in [3.8, 4) is 5.75 Å². The Balaban J connectivity index is 1.36. The lowest BCUT2D eigenvalue weighted by molar-refractivity contribution is -0.149. The number of amides is 2. The summed E-state index contributed by atoms with van der Waals surface area (Å²) < 4.78 is 5.37. The standard InChI is InChI=1S/C22H31N3O3/c1-28-20-7-3-2-5-15(20)9-10-21(26)24-14-19-17-11-16(12-23-13-17)18-6-4-8-22(27)25(18)19/h2-3,5,7,16-19,23H,4,6,8-14H2,1H3,(H,24,26)/t16-,17+,18+,19+/m1/s1. The van der Waals surface area contributed by atoms with Crippen LogP contribution in [0.25, 0.3) is 0 Å². The van der Waals surface area contributed by atoms with Crippen LogP contribution < -0.4 is 15.4 Å². The zero-order valence-electron chi connectivity index (χ0n) is 16.7. The third-order valence-electron chi connectivity index (χ3n) is 6.72. The van der Waals surface area contributed by atoms with E-state index in [2.05, 4.69) is 15.5 Å². The minimum Gasteiger partial charge on any atom is -0.496 e. The molecule has 4 atom stereocenters. The van der Waals surface area contributed by atoms with Crippen molar-refractivity contribution >= 4 is 11.8 Å². The molecule has 3 aliphatic heterocycles. The molecule has 3 heterocycles. The van der Waals surface area contributed by atoms with Gasteiger partial charge in [0, 0.05) is 32.0 Å². The van der Waals surface area contributed by atoms with Gasteiger partial charge in [0.05, 0.1) is 13.2 Å². The van der Waals surface area contributed by atoms with Crippen molar-refractivity contribution in [3.05, 3.63) is 29.8 Å². The summed E-state index contributed by atoms with van der Waals surface area (Å²) in [5, 5.41) is 6.66. The molecule has 6 heteroatoms. The van der Waals surface area contributed by atoms with Gasteiger partial charge >= 0.3 is 0 Å². The minimum absolute atomic E-state index is 0.0396. The fourth-order valence-corrected chi connectivity index (χ4v) is 5.36. The summed E-state index contributed by atoms with van der Waals surface area (Å²) in [6.45, 7) is 2.52. The maximum absolute atomic E-state index is 12.7. The molecule has 4 rings (SSSR count). The van der Waals surface area contributed by atoms with Gasteiger partial charge in [-0.2, -0.15) is 0 Å². The summed E-state index contributed by atoms with van der Waals surface area (Å²) in [6, 6.07) is 8.29. The van der Waals surface area contributed by atoms with Crippen LogP contribution in [0.2, 0.25) is 0 Å². The fraction of sp³-hybridized carbons (Fsp3) is 0.636. The first-order valence-electron chi connectivity index (χ1n) is 10.6. The number of hydrogen-bond acceptors (Lipinski definition) is 4. The number of nitrogens with one attached hydrogen (secondary N) is 2. The summed E-state index contributed by atoms with van der Waals surface area (Å²) in [5.74, 6) is 2.15. The number of nitrogens with zero attached hydrogens (tertiary/aromatic N) is 1. The van der Waals surface area contributed by atoms with E-state index in [9.17, 15) is 9.59 Å². The van der Waals surface area contributed by atoms with Gasteiger partial charge < -0.3 is 20.3 Å². The van der Waals surface area contributed by atoms with Gasteiger partial charge in [0.2, 0.25) is 11.8 Å². The first kappa shape index (κ1) is 19.2. The van der Waals surface area contributed by atoms with Crippen molar-refractivity contribution < 1.29 is 14.3 Å². The molecule has 3 fully saturated rings. The van der Waals surface area contributed by atoms with E-state index >= 15 is 0 Å². The number of carbonyl (C=O) groups excluding carboxylic acids is 2. The van der Waals surface area contributed by atoms with Crippen LogP contribution in [-0.4, -0.2) is 55.5 Å². The second kappa shape index (κ2) is 8.52. The second-order valence-electron chi connectivity index (χ2n) is 8.36. The number of carbonyl (C=O) groups is 2. The monoisotopic (exact) mass is 385 g/mol. The van der Waals surface area contributed by atoms with Gasteiger partial charge in [-0.3, -0.25) is 9.59 Å². The number of ether oxygens (including phenoxy) is 1. The predicted octanol–water partition coefficient (Wildman–Crippen LogP) is 1.73. The molecule has 0 radical (unpaired) electrons. The predicted molar refractivity (Wildman–Crippen MR) is 107 cm³/mol. The molecule has 3 saturated heterocycles. The quantitative estimate of drug-likeness (QED) is 0.783. The largest absolute Gasteiger partial charge is 0.496 e. The van der Waals surface area contributed by atoms with Gasteiger partial charge in [-0.25, -0.2) is 0 Å². The molecule has 0 aliphatic carbocycles. The fourth-order valence-electron chi connectivity index (χ4n) is 5.36. The third kappa shape index (κ3) is 3.88. The van der Waals surface area contributed by atoms with Crippen LogP contribution in [0.5, 0.6) is 5.75 Å².